The summed E-state index contributed by atoms with van der Waals surface area (Å²) in [6, 6.07) is 2.59. The first-order chi connectivity index (χ1) is 8.08. The molecule has 0 aliphatic carbocycles. The predicted molar refractivity (Wildman–Crippen MR) is 72.3 cm³/mol. The van der Waals surface area contributed by atoms with Crippen molar-refractivity contribution in [2.24, 2.45) is 0 Å². The van der Waals surface area contributed by atoms with Crippen molar-refractivity contribution in [1.29, 1.82) is 0 Å². The number of aromatic nitrogens is 2. The van der Waals surface area contributed by atoms with Gasteiger partial charge in [-0.25, -0.2) is 9.97 Å². The molecule has 0 aliphatic rings. The van der Waals surface area contributed by atoms with Gasteiger partial charge in [0.15, 0.2) is 0 Å². The zero-order valence-corrected chi connectivity index (χ0v) is 11.7. The van der Waals surface area contributed by atoms with Crippen molar-refractivity contribution in [2.75, 3.05) is 6.54 Å². The van der Waals surface area contributed by atoms with Crippen LogP contribution in [0, 0.1) is 6.92 Å². The molecule has 17 heavy (non-hydrogen) atoms. The summed E-state index contributed by atoms with van der Waals surface area (Å²) in [6.45, 7) is 11.8. The van der Waals surface area contributed by atoms with Crippen LogP contribution in [0.3, 0.4) is 0 Å². The van der Waals surface area contributed by atoms with Crippen LogP contribution in [0.25, 0.3) is 0 Å². The molecule has 2 atom stereocenters. The molecule has 3 nitrogen and oxygen atoms in total. The van der Waals surface area contributed by atoms with Crippen molar-refractivity contribution in [1.82, 2.24) is 15.3 Å². The predicted octanol–water partition coefficient (Wildman–Crippen LogP) is 2.84. The first kappa shape index (κ1) is 14.1. The molecule has 0 aromatic carbocycles. The summed E-state index contributed by atoms with van der Waals surface area (Å²) in [5.41, 5.74) is 2.30. The lowest BCUT2D eigenvalue weighted by Gasteiger charge is -2.21. The monoisotopic (exact) mass is 235 g/mol. The fourth-order valence-corrected chi connectivity index (χ4v) is 1.87. The van der Waals surface area contributed by atoms with Gasteiger partial charge in [-0.15, -0.1) is 0 Å². The van der Waals surface area contributed by atoms with Crippen molar-refractivity contribution in [3.8, 4) is 0 Å². The second-order valence-electron chi connectivity index (χ2n) is 4.72. The van der Waals surface area contributed by atoms with Gasteiger partial charge in [-0.3, -0.25) is 0 Å². The Balaban J connectivity index is 2.80. The lowest BCUT2D eigenvalue weighted by molar-refractivity contribution is 0.473. The van der Waals surface area contributed by atoms with E-state index in [9.17, 15) is 0 Å². The third kappa shape index (κ3) is 4.08. The molecule has 0 radical (unpaired) electrons. The molecule has 0 spiro atoms. The highest BCUT2D eigenvalue weighted by molar-refractivity contribution is 5.16. The van der Waals surface area contributed by atoms with Gasteiger partial charge in [0.1, 0.15) is 5.82 Å². The van der Waals surface area contributed by atoms with Gasteiger partial charge >= 0.3 is 0 Å². The summed E-state index contributed by atoms with van der Waals surface area (Å²) in [4.78, 5) is 8.98. The van der Waals surface area contributed by atoms with E-state index < -0.39 is 0 Å². The molecule has 2 unspecified atom stereocenters. The number of nitrogens with zero attached hydrogens (tertiary/aromatic N) is 2. The van der Waals surface area contributed by atoms with Crippen LogP contribution < -0.4 is 5.32 Å². The first-order valence-electron chi connectivity index (χ1n) is 6.66. The number of hydrogen-bond donors (Lipinski definition) is 1. The molecule has 3 heteroatoms. The normalized spacial score (nSPS) is 14.6. The van der Waals surface area contributed by atoms with Gasteiger partial charge in [0, 0.05) is 23.3 Å². The van der Waals surface area contributed by atoms with Crippen molar-refractivity contribution in [3.63, 3.8) is 0 Å². The van der Waals surface area contributed by atoms with Gasteiger partial charge in [0.2, 0.25) is 0 Å². The van der Waals surface area contributed by atoms with Crippen molar-refractivity contribution in [2.45, 2.75) is 59.4 Å². The second-order valence-corrected chi connectivity index (χ2v) is 4.72. The maximum atomic E-state index is 4.56. The largest absolute Gasteiger partial charge is 0.314 e. The van der Waals surface area contributed by atoms with E-state index in [0.29, 0.717) is 12.0 Å². The fourth-order valence-electron chi connectivity index (χ4n) is 1.87. The van der Waals surface area contributed by atoms with Crippen LogP contribution in [-0.4, -0.2) is 22.6 Å². The third-order valence-electron chi connectivity index (χ3n) is 3.21. The number of hydrogen-bond acceptors (Lipinski definition) is 3. The van der Waals surface area contributed by atoms with Gasteiger partial charge in [0.25, 0.3) is 0 Å². The SMILES string of the molecule is CCCNC(C)C(C)c1cc(CC)nc(C)n1. The molecule has 1 aromatic rings. The van der Waals surface area contributed by atoms with E-state index in [1.54, 1.807) is 0 Å². The van der Waals surface area contributed by atoms with Gasteiger partial charge in [-0.1, -0.05) is 20.8 Å². The van der Waals surface area contributed by atoms with E-state index in [0.717, 1.165) is 30.2 Å². The van der Waals surface area contributed by atoms with E-state index in [2.05, 4.69) is 49.0 Å². The maximum absolute atomic E-state index is 4.56. The quantitative estimate of drug-likeness (QED) is 0.824. The molecule has 0 saturated carbocycles. The summed E-state index contributed by atoms with van der Waals surface area (Å²) in [5, 5.41) is 3.53. The highest BCUT2D eigenvalue weighted by atomic mass is 14.9. The fraction of sp³-hybridized carbons (Fsp3) is 0.714. The molecule has 1 rings (SSSR count). The first-order valence-corrected chi connectivity index (χ1v) is 6.66. The molecular formula is C14H25N3. The van der Waals surface area contributed by atoms with Crippen LogP contribution in [0.15, 0.2) is 6.07 Å². The number of aryl methyl sites for hydroxylation is 2. The van der Waals surface area contributed by atoms with Gasteiger partial charge < -0.3 is 5.32 Å². The van der Waals surface area contributed by atoms with Crippen LogP contribution in [0.4, 0.5) is 0 Å². The van der Waals surface area contributed by atoms with E-state index in [1.807, 2.05) is 6.92 Å². The summed E-state index contributed by atoms with van der Waals surface area (Å²) in [5.74, 6) is 1.31. The number of nitrogens with one attached hydrogen (secondary N) is 1. The molecule has 0 saturated heterocycles. The Morgan fingerprint density at radius 2 is 1.94 bits per heavy atom. The summed E-state index contributed by atoms with van der Waals surface area (Å²) in [6.07, 6.45) is 2.14. The average molecular weight is 235 g/mol. The Bertz CT molecular complexity index is 349. The van der Waals surface area contributed by atoms with Crippen LogP contribution in [0.1, 0.15) is 57.2 Å². The topological polar surface area (TPSA) is 37.8 Å². The Hall–Kier alpha value is -0.960. The maximum Gasteiger partial charge on any atom is 0.125 e. The van der Waals surface area contributed by atoms with Crippen molar-refractivity contribution < 1.29 is 0 Å². The molecule has 96 valence electrons. The molecule has 1 N–H and O–H groups in total. The summed E-state index contributed by atoms with van der Waals surface area (Å²) < 4.78 is 0. The summed E-state index contributed by atoms with van der Waals surface area (Å²) in [7, 11) is 0. The van der Waals surface area contributed by atoms with Crippen molar-refractivity contribution in [3.05, 3.63) is 23.3 Å². The molecule has 0 aliphatic heterocycles. The van der Waals surface area contributed by atoms with Crippen LogP contribution in [-0.2, 0) is 6.42 Å². The minimum atomic E-state index is 0.425. The van der Waals surface area contributed by atoms with Crippen molar-refractivity contribution >= 4 is 0 Å². The lowest BCUT2D eigenvalue weighted by Crippen LogP contribution is -2.32. The molecule has 0 fully saturated rings. The second kappa shape index (κ2) is 6.70. The van der Waals surface area contributed by atoms with Crippen LogP contribution in [0.2, 0.25) is 0 Å². The van der Waals surface area contributed by atoms with Gasteiger partial charge in [0.05, 0.1) is 0 Å². The van der Waals surface area contributed by atoms with Gasteiger partial charge in [-0.05, 0) is 39.3 Å². The van der Waals surface area contributed by atoms with Gasteiger partial charge in [-0.2, -0.15) is 0 Å². The van der Waals surface area contributed by atoms with E-state index >= 15 is 0 Å². The summed E-state index contributed by atoms with van der Waals surface area (Å²) >= 11 is 0. The minimum absolute atomic E-state index is 0.425. The smallest absolute Gasteiger partial charge is 0.125 e. The molecular weight excluding hydrogens is 210 g/mol. The molecule has 1 aromatic heterocycles. The standard InChI is InChI=1S/C14H25N3/c1-6-8-15-11(4)10(3)14-9-13(7-2)16-12(5)17-14/h9-11,15H,6-8H2,1-5H3. The minimum Gasteiger partial charge on any atom is -0.314 e. The molecule has 0 amide bonds. The van der Waals surface area contributed by atoms with E-state index in [4.69, 9.17) is 0 Å². The zero-order valence-electron chi connectivity index (χ0n) is 11.7. The van der Waals surface area contributed by atoms with E-state index in [1.165, 1.54) is 6.42 Å². The Morgan fingerprint density at radius 3 is 2.53 bits per heavy atom. The zero-order chi connectivity index (χ0) is 12.8. The number of rotatable bonds is 6. The Labute approximate surface area is 105 Å². The highest BCUT2D eigenvalue weighted by Gasteiger charge is 2.16. The third-order valence-corrected chi connectivity index (χ3v) is 3.21. The molecule has 1 heterocycles. The highest BCUT2D eigenvalue weighted by Crippen LogP contribution is 2.18. The average Bonchev–Trinajstić information content (AvgIpc) is 2.34. The van der Waals surface area contributed by atoms with E-state index in [-0.39, 0.29) is 0 Å². The van der Waals surface area contributed by atoms with Crippen LogP contribution >= 0.6 is 0 Å². The Morgan fingerprint density at radius 1 is 1.24 bits per heavy atom. The molecule has 0 bridgehead atoms. The Kier molecular flexibility index (Phi) is 5.56. The lowest BCUT2D eigenvalue weighted by atomic mass is 9.98. The van der Waals surface area contributed by atoms with Crippen LogP contribution in [0.5, 0.6) is 0 Å².